The quantitative estimate of drug-likeness (QED) is 0.734. The maximum Gasteiger partial charge on any atom is 0.237 e. The third kappa shape index (κ3) is 2.95. The Morgan fingerprint density at radius 1 is 1.50 bits per heavy atom. The van der Waals surface area contributed by atoms with Gasteiger partial charge < -0.3 is 15.8 Å². The summed E-state index contributed by atoms with van der Waals surface area (Å²) < 4.78 is 5.26. The molecule has 1 saturated heterocycles. The Morgan fingerprint density at radius 3 is 2.69 bits per heavy atom. The number of hydrogen-bond donors (Lipinski definition) is 2. The molecule has 16 heavy (non-hydrogen) atoms. The Bertz CT molecular complexity index is 251. The first-order chi connectivity index (χ1) is 7.68. The summed E-state index contributed by atoms with van der Waals surface area (Å²) in [6.07, 6.45) is 3.07. The summed E-state index contributed by atoms with van der Waals surface area (Å²) in [5.41, 5.74) is 5.97. The highest BCUT2D eigenvalue weighted by molar-refractivity contribution is 5.81. The molecule has 3 unspecified atom stereocenters. The molecule has 4 nitrogen and oxygen atoms in total. The van der Waals surface area contributed by atoms with Crippen molar-refractivity contribution in [3.05, 3.63) is 0 Å². The number of carbonyl (C=O) groups excluding carboxylic acids is 1. The Kier molecular flexibility index (Phi) is 3.82. The fraction of sp³-hybridized carbons (Fsp3) is 0.917. The first kappa shape index (κ1) is 11.9. The van der Waals surface area contributed by atoms with Gasteiger partial charge >= 0.3 is 0 Å². The van der Waals surface area contributed by atoms with Crippen LogP contribution in [0.1, 0.15) is 26.2 Å². The number of nitrogens with two attached hydrogens (primary N) is 1. The third-order valence-corrected chi connectivity index (χ3v) is 3.89. The number of hydrogen-bond acceptors (Lipinski definition) is 3. The Labute approximate surface area is 96.9 Å². The monoisotopic (exact) mass is 226 g/mol. The molecule has 3 N–H and O–H groups in total. The average molecular weight is 226 g/mol. The Morgan fingerprint density at radius 2 is 2.12 bits per heavy atom. The molecule has 1 aliphatic carbocycles. The van der Waals surface area contributed by atoms with Crippen LogP contribution in [0.3, 0.4) is 0 Å². The van der Waals surface area contributed by atoms with E-state index in [1.165, 1.54) is 6.42 Å². The molecule has 1 aliphatic heterocycles. The molecule has 0 spiro atoms. The summed E-state index contributed by atoms with van der Waals surface area (Å²) in [5.74, 6) is 1.78. The molecule has 1 amide bonds. The predicted molar refractivity (Wildman–Crippen MR) is 61.8 cm³/mol. The van der Waals surface area contributed by atoms with Crippen molar-refractivity contribution in [2.75, 3.05) is 19.8 Å². The van der Waals surface area contributed by atoms with Gasteiger partial charge in [-0.1, -0.05) is 6.92 Å². The van der Waals surface area contributed by atoms with Crippen molar-refractivity contribution in [3.63, 3.8) is 0 Å². The van der Waals surface area contributed by atoms with Gasteiger partial charge in [-0.15, -0.1) is 0 Å². The summed E-state index contributed by atoms with van der Waals surface area (Å²) >= 11 is 0. The number of ether oxygens (including phenoxy) is 1. The highest BCUT2D eigenvalue weighted by Gasteiger charge is 2.33. The number of nitrogens with one attached hydrogen (secondary N) is 1. The number of amides is 1. The zero-order chi connectivity index (χ0) is 11.5. The van der Waals surface area contributed by atoms with Crippen molar-refractivity contribution < 1.29 is 9.53 Å². The first-order valence-electron chi connectivity index (χ1n) is 6.29. The van der Waals surface area contributed by atoms with Crippen LogP contribution in [0.2, 0.25) is 0 Å². The topological polar surface area (TPSA) is 64.4 Å². The summed E-state index contributed by atoms with van der Waals surface area (Å²) in [6, 6.07) is -0.349. The molecule has 2 rings (SSSR count). The smallest absolute Gasteiger partial charge is 0.237 e. The summed E-state index contributed by atoms with van der Waals surface area (Å²) in [5, 5.41) is 2.97. The minimum atomic E-state index is -0.349. The zero-order valence-corrected chi connectivity index (χ0v) is 9.95. The molecular weight excluding hydrogens is 204 g/mol. The molecule has 1 saturated carbocycles. The van der Waals surface area contributed by atoms with E-state index in [0.717, 1.165) is 38.5 Å². The van der Waals surface area contributed by atoms with E-state index in [9.17, 15) is 4.79 Å². The molecule has 0 aromatic rings. The van der Waals surface area contributed by atoms with E-state index in [2.05, 4.69) is 12.2 Å². The SMILES string of the molecule is CC1CC1CNC(=O)C(N)C1CCOCC1. The van der Waals surface area contributed by atoms with Gasteiger partial charge in [-0.3, -0.25) is 4.79 Å². The molecule has 0 bridgehead atoms. The molecule has 4 heteroatoms. The lowest BCUT2D eigenvalue weighted by Crippen LogP contribution is -2.47. The van der Waals surface area contributed by atoms with Gasteiger partial charge in [0, 0.05) is 19.8 Å². The number of rotatable bonds is 4. The van der Waals surface area contributed by atoms with Crippen molar-refractivity contribution >= 4 is 5.91 Å². The zero-order valence-electron chi connectivity index (χ0n) is 9.95. The lowest BCUT2D eigenvalue weighted by molar-refractivity contribution is -0.124. The maximum absolute atomic E-state index is 11.8. The van der Waals surface area contributed by atoms with Crippen LogP contribution in [-0.2, 0) is 9.53 Å². The van der Waals surface area contributed by atoms with E-state index in [-0.39, 0.29) is 11.9 Å². The van der Waals surface area contributed by atoms with Crippen LogP contribution in [0.4, 0.5) is 0 Å². The average Bonchev–Trinajstić information content (AvgIpc) is 3.02. The lowest BCUT2D eigenvalue weighted by Gasteiger charge is -2.26. The van der Waals surface area contributed by atoms with Crippen LogP contribution >= 0.6 is 0 Å². The lowest BCUT2D eigenvalue weighted by atomic mass is 9.92. The minimum Gasteiger partial charge on any atom is -0.381 e. The molecule has 0 radical (unpaired) electrons. The van der Waals surface area contributed by atoms with E-state index in [1.807, 2.05) is 0 Å². The Balaban J connectivity index is 1.70. The van der Waals surface area contributed by atoms with Gasteiger partial charge in [0.1, 0.15) is 0 Å². The minimum absolute atomic E-state index is 0.0194. The molecule has 3 atom stereocenters. The summed E-state index contributed by atoms with van der Waals surface area (Å²) in [7, 11) is 0. The largest absolute Gasteiger partial charge is 0.381 e. The van der Waals surface area contributed by atoms with E-state index in [1.54, 1.807) is 0 Å². The van der Waals surface area contributed by atoms with Gasteiger partial charge in [-0.2, -0.15) is 0 Å². The second kappa shape index (κ2) is 5.15. The normalized spacial score (nSPS) is 32.1. The van der Waals surface area contributed by atoms with Gasteiger partial charge in [0.15, 0.2) is 0 Å². The fourth-order valence-electron chi connectivity index (χ4n) is 2.32. The maximum atomic E-state index is 11.8. The highest BCUT2D eigenvalue weighted by Crippen LogP contribution is 2.36. The van der Waals surface area contributed by atoms with Crippen LogP contribution < -0.4 is 11.1 Å². The molecule has 0 aromatic heterocycles. The van der Waals surface area contributed by atoms with Gasteiger partial charge in [0.2, 0.25) is 5.91 Å². The van der Waals surface area contributed by atoms with Crippen molar-refractivity contribution in [3.8, 4) is 0 Å². The van der Waals surface area contributed by atoms with E-state index in [4.69, 9.17) is 10.5 Å². The van der Waals surface area contributed by atoms with Crippen molar-refractivity contribution in [1.82, 2.24) is 5.32 Å². The second-order valence-corrected chi connectivity index (χ2v) is 5.19. The van der Waals surface area contributed by atoms with Crippen LogP contribution in [0.15, 0.2) is 0 Å². The van der Waals surface area contributed by atoms with E-state index < -0.39 is 0 Å². The molecule has 92 valence electrons. The predicted octanol–water partition coefficient (Wildman–Crippen LogP) is 0.513. The van der Waals surface area contributed by atoms with Crippen LogP contribution in [-0.4, -0.2) is 31.7 Å². The number of carbonyl (C=O) groups is 1. The molecule has 2 fully saturated rings. The summed E-state index contributed by atoms with van der Waals surface area (Å²) in [4.78, 5) is 11.8. The van der Waals surface area contributed by atoms with E-state index >= 15 is 0 Å². The van der Waals surface area contributed by atoms with Gasteiger partial charge in [-0.05, 0) is 37.0 Å². The van der Waals surface area contributed by atoms with Crippen LogP contribution in [0.25, 0.3) is 0 Å². The first-order valence-corrected chi connectivity index (χ1v) is 6.29. The third-order valence-electron chi connectivity index (χ3n) is 3.89. The molecular formula is C12H22N2O2. The highest BCUT2D eigenvalue weighted by atomic mass is 16.5. The molecule has 2 aliphatic rings. The molecule has 1 heterocycles. The van der Waals surface area contributed by atoms with Crippen molar-refractivity contribution in [2.24, 2.45) is 23.5 Å². The van der Waals surface area contributed by atoms with Crippen molar-refractivity contribution in [1.29, 1.82) is 0 Å². The van der Waals surface area contributed by atoms with Gasteiger partial charge in [-0.25, -0.2) is 0 Å². The summed E-state index contributed by atoms with van der Waals surface area (Å²) in [6.45, 7) is 4.50. The van der Waals surface area contributed by atoms with Gasteiger partial charge in [0.05, 0.1) is 6.04 Å². The van der Waals surface area contributed by atoms with Crippen LogP contribution in [0.5, 0.6) is 0 Å². The van der Waals surface area contributed by atoms with Crippen molar-refractivity contribution in [2.45, 2.75) is 32.2 Å². The van der Waals surface area contributed by atoms with Crippen LogP contribution in [0, 0.1) is 17.8 Å². The Hall–Kier alpha value is -0.610. The van der Waals surface area contributed by atoms with E-state index in [0.29, 0.717) is 11.8 Å². The van der Waals surface area contributed by atoms with Gasteiger partial charge in [0.25, 0.3) is 0 Å². The standard InChI is InChI=1S/C12H22N2O2/c1-8-6-10(8)7-14-12(15)11(13)9-2-4-16-5-3-9/h8-11H,2-7,13H2,1H3,(H,14,15). The fourth-order valence-corrected chi connectivity index (χ4v) is 2.32. The molecule has 0 aromatic carbocycles. The second-order valence-electron chi connectivity index (χ2n) is 5.19.